The Kier molecular flexibility index (Phi) is 6.27. The van der Waals surface area contributed by atoms with Crippen LogP contribution >= 0.6 is 0 Å². The Labute approximate surface area is 168 Å². The molecule has 0 saturated carbocycles. The van der Waals surface area contributed by atoms with Gasteiger partial charge in [-0.05, 0) is 49.5 Å². The number of halogens is 2. The Hall–Kier alpha value is -2.02. The smallest absolute Gasteiger partial charge is 0.246 e. The third kappa shape index (κ3) is 4.02. The number of aromatic nitrogens is 4. The van der Waals surface area contributed by atoms with Gasteiger partial charge in [0.2, 0.25) is 10.0 Å². The molecule has 12 heteroatoms. The molecule has 0 aliphatic carbocycles. The average Bonchev–Trinajstić information content (AvgIpc) is 3.15. The van der Waals surface area contributed by atoms with Crippen LogP contribution in [0, 0.1) is 11.6 Å². The van der Waals surface area contributed by atoms with Gasteiger partial charge in [-0.2, -0.15) is 4.31 Å². The van der Waals surface area contributed by atoms with Crippen LogP contribution < -0.4 is 0 Å². The molecule has 2 heterocycles. The van der Waals surface area contributed by atoms with Gasteiger partial charge in [-0.25, -0.2) is 21.9 Å². The van der Waals surface area contributed by atoms with Crippen LogP contribution in [0.5, 0.6) is 0 Å². The van der Waals surface area contributed by atoms with Crippen molar-refractivity contribution in [3.8, 4) is 0 Å². The maximum Gasteiger partial charge on any atom is 0.246 e. The Bertz CT molecular complexity index is 968. The summed E-state index contributed by atoms with van der Waals surface area (Å²) in [6.45, 7) is 1.05. The van der Waals surface area contributed by atoms with E-state index in [1.807, 2.05) is 19.0 Å². The van der Waals surface area contributed by atoms with E-state index in [1.165, 1.54) is 4.31 Å². The van der Waals surface area contributed by atoms with Crippen molar-refractivity contribution in [1.82, 2.24) is 29.4 Å². The SMILES string of the molecule is COCCn1nnnc1[C@]1(N(C)C)CCCN(S(=O)(=O)c2ccc(F)cc2F)C1. The fraction of sp³-hybridized carbons (Fsp3) is 0.588. The molecule has 1 aromatic carbocycles. The van der Waals surface area contributed by atoms with Crippen LogP contribution in [0.15, 0.2) is 23.1 Å². The molecule has 1 aromatic heterocycles. The number of nitrogens with zero attached hydrogens (tertiary/aromatic N) is 6. The molecule has 160 valence electrons. The van der Waals surface area contributed by atoms with E-state index >= 15 is 0 Å². The summed E-state index contributed by atoms with van der Waals surface area (Å²) in [5.41, 5.74) is -0.806. The van der Waals surface area contributed by atoms with Crippen molar-refractivity contribution in [1.29, 1.82) is 0 Å². The fourth-order valence-electron chi connectivity index (χ4n) is 3.64. The molecule has 1 aliphatic rings. The number of hydrogen-bond donors (Lipinski definition) is 0. The second kappa shape index (κ2) is 8.38. The van der Waals surface area contributed by atoms with Crippen LogP contribution in [-0.4, -0.2) is 78.7 Å². The van der Waals surface area contributed by atoms with Crippen LogP contribution in [0.25, 0.3) is 0 Å². The topological polar surface area (TPSA) is 93.4 Å². The van der Waals surface area contributed by atoms with E-state index in [0.717, 1.165) is 12.1 Å². The lowest BCUT2D eigenvalue weighted by molar-refractivity contribution is 0.0619. The van der Waals surface area contributed by atoms with Crippen LogP contribution in [0.4, 0.5) is 8.78 Å². The highest BCUT2D eigenvalue weighted by molar-refractivity contribution is 7.89. The first-order valence-corrected chi connectivity index (χ1v) is 10.5. The van der Waals surface area contributed by atoms with Gasteiger partial charge in [0.25, 0.3) is 0 Å². The molecule has 0 amide bonds. The Morgan fingerprint density at radius 1 is 1.31 bits per heavy atom. The van der Waals surface area contributed by atoms with Crippen molar-refractivity contribution in [3.63, 3.8) is 0 Å². The van der Waals surface area contributed by atoms with Gasteiger partial charge >= 0.3 is 0 Å². The standard InChI is InChI=1S/C17H24F2N6O3S/c1-23(2)17(16-20-21-22-25(16)9-10-28-3)7-4-8-24(12-17)29(26,27)15-6-5-13(18)11-14(15)19/h5-6,11H,4,7-10,12H2,1-3H3/t17-/m0/s1. The summed E-state index contributed by atoms with van der Waals surface area (Å²) in [6, 6.07) is 2.46. The van der Waals surface area contributed by atoms with Crippen LogP contribution in [0.1, 0.15) is 18.7 Å². The Morgan fingerprint density at radius 2 is 2.07 bits per heavy atom. The molecule has 1 atom stereocenters. The Balaban J connectivity index is 1.99. The first-order chi connectivity index (χ1) is 13.7. The summed E-state index contributed by atoms with van der Waals surface area (Å²) < 4.78 is 61.6. The van der Waals surface area contributed by atoms with Crippen molar-refractivity contribution in [3.05, 3.63) is 35.7 Å². The number of piperidine rings is 1. The zero-order chi connectivity index (χ0) is 21.2. The predicted molar refractivity (Wildman–Crippen MR) is 99.4 cm³/mol. The van der Waals surface area contributed by atoms with Crippen molar-refractivity contribution < 1.29 is 21.9 Å². The zero-order valence-corrected chi connectivity index (χ0v) is 17.4. The summed E-state index contributed by atoms with van der Waals surface area (Å²) in [5, 5.41) is 11.9. The van der Waals surface area contributed by atoms with Gasteiger partial charge in [-0.3, -0.25) is 4.90 Å². The molecule has 0 spiro atoms. The average molecular weight is 430 g/mol. The lowest BCUT2D eigenvalue weighted by atomic mass is 9.88. The molecule has 0 bridgehead atoms. The predicted octanol–water partition coefficient (Wildman–Crippen LogP) is 0.839. The van der Waals surface area contributed by atoms with Gasteiger partial charge in [-0.1, -0.05) is 0 Å². The maximum atomic E-state index is 14.2. The summed E-state index contributed by atoms with van der Waals surface area (Å²) in [7, 11) is 1.04. The third-order valence-electron chi connectivity index (χ3n) is 5.26. The molecule has 0 unspecified atom stereocenters. The Morgan fingerprint density at radius 3 is 2.72 bits per heavy atom. The van der Waals surface area contributed by atoms with Gasteiger partial charge in [0, 0.05) is 26.3 Å². The second-order valence-electron chi connectivity index (χ2n) is 7.16. The summed E-state index contributed by atoms with van der Waals surface area (Å²) >= 11 is 0. The molecular formula is C17H24F2N6O3S. The van der Waals surface area contributed by atoms with Crippen molar-refractivity contribution in [2.45, 2.75) is 29.8 Å². The molecule has 0 N–H and O–H groups in total. The van der Waals surface area contributed by atoms with Crippen molar-refractivity contribution in [2.75, 3.05) is 40.9 Å². The number of sulfonamides is 1. The van der Waals surface area contributed by atoms with Gasteiger partial charge in [-0.15, -0.1) is 5.10 Å². The molecular weight excluding hydrogens is 406 g/mol. The summed E-state index contributed by atoms with van der Waals surface area (Å²) in [5.74, 6) is -1.44. The minimum absolute atomic E-state index is 0.0342. The van der Waals surface area contributed by atoms with E-state index in [-0.39, 0.29) is 13.1 Å². The highest BCUT2D eigenvalue weighted by atomic mass is 32.2. The molecule has 1 saturated heterocycles. The summed E-state index contributed by atoms with van der Waals surface area (Å²) in [4.78, 5) is 1.33. The van der Waals surface area contributed by atoms with E-state index < -0.39 is 32.1 Å². The van der Waals surface area contributed by atoms with Gasteiger partial charge < -0.3 is 4.74 Å². The van der Waals surface area contributed by atoms with Crippen molar-refractivity contribution in [2.24, 2.45) is 0 Å². The van der Waals surface area contributed by atoms with Gasteiger partial charge in [0.15, 0.2) is 5.82 Å². The molecule has 3 rings (SSSR count). The van der Waals surface area contributed by atoms with Crippen molar-refractivity contribution >= 4 is 10.0 Å². The van der Waals surface area contributed by atoms with E-state index in [4.69, 9.17) is 4.74 Å². The molecule has 1 fully saturated rings. The van der Waals surface area contributed by atoms with E-state index in [9.17, 15) is 17.2 Å². The van der Waals surface area contributed by atoms with E-state index in [1.54, 1.807) is 11.8 Å². The normalized spacial score (nSPS) is 21.0. The number of likely N-dealkylation sites (N-methyl/N-ethyl adjacent to an activating group) is 1. The molecule has 9 nitrogen and oxygen atoms in total. The summed E-state index contributed by atoms with van der Waals surface area (Å²) in [6.07, 6.45) is 1.14. The first-order valence-electron chi connectivity index (χ1n) is 9.10. The van der Waals surface area contributed by atoms with Crippen LogP contribution in [0.2, 0.25) is 0 Å². The number of rotatable bonds is 7. The molecule has 1 aliphatic heterocycles. The van der Waals surface area contributed by atoms with Crippen LogP contribution in [0.3, 0.4) is 0 Å². The van der Waals surface area contributed by atoms with Crippen LogP contribution in [-0.2, 0) is 26.8 Å². The molecule has 2 aromatic rings. The largest absolute Gasteiger partial charge is 0.383 e. The number of tetrazole rings is 1. The second-order valence-corrected chi connectivity index (χ2v) is 9.07. The van der Waals surface area contributed by atoms with Gasteiger partial charge in [0.05, 0.1) is 18.7 Å². The molecule has 0 radical (unpaired) electrons. The maximum absolute atomic E-state index is 14.2. The highest BCUT2D eigenvalue weighted by Crippen LogP contribution is 2.37. The number of ether oxygens (including phenoxy) is 1. The molecule has 29 heavy (non-hydrogen) atoms. The third-order valence-corrected chi connectivity index (χ3v) is 7.14. The lowest BCUT2D eigenvalue weighted by Crippen LogP contribution is -2.56. The van der Waals surface area contributed by atoms with Gasteiger partial charge in [0.1, 0.15) is 16.5 Å². The highest BCUT2D eigenvalue weighted by Gasteiger charge is 2.47. The quantitative estimate of drug-likeness (QED) is 0.643. The first kappa shape index (κ1) is 21.7. The number of methoxy groups -OCH3 is 1. The lowest BCUT2D eigenvalue weighted by Gasteiger charge is -2.45. The monoisotopic (exact) mass is 430 g/mol. The van der Waals surface area contributed by atoms with E-state index in [2.05, 4.69) is 15.5 Å². The fourth-order valence-corrected chi connectivity index (χ4v) is 5.22. The number of benzene rings is 1. The minimum atomic E-state index is -4.17. The zero-order valence-electron chi connectivity index (χ0n) is 16.5. The minimum Gasteiger partial charge on any atom is -0.383 e. The van der Waals surface area contributed by atoms with E-state index in [0.29, 0.717) is 37.9 Å². The number of hydrogen-bond acceptors (Lipinski definition) is 7.